The van der Waals surface area contributed by atoms with Crippen molar-refractivity contribution in [1.82, 2.24) is 0 Å². The van der Waals surface area contributed by atoms with Crippen LogP contribution in [0.25, 0.3) is 0 Å². The molecule has 0 aromatic heterocycles. The molecule has 3 spiro atoms. The van der Waals surface area contributed by atoms with E-state index in [0.29, 0.717) is 32.7 Å². The summed E-state index contributed by atoms with van der Waals surface area (Å²) in [6.07, 6.45) is 8.32. The summed E-state index contributed by atoms with van der Waals surface area (Å²) in [5, 5.41) is 9.25. The van der Waals surface area contributed by atoms with Gasteiger partial charge in [-0.05, 0) is 63.0 Å². The van der Waals surface area contributed by atoms with Crippen LogP contribution in [0.2, 0.25) is 0 Å². The van der Waals surface area contributed by atoms with Crippen molar-refractivity contribution in [2.75, 3.05) is 26.4 Å². The number of ether oxygens (including phenoxy) is 3. The van der Waals surface area contributed by atoms with Gasteiger partial charge in [0.2, 0.25) is 0 Å². The van der Waals surface area contributed by atoms with Gasteiger partial charge in [0, 0.05) is 26.4 Å². The lowest BCUT2D eigenvalue weighted by Crippen LogP contribution is -2.72. The predicted octanol–water partition coefficient (Wildman–Crippen LogP) is 1.92. The summed E-state index contributed by atoms with van der Waals surface area (Å²) in [4.78, 5) is 13.1. The van der Waals surface area contributed by atoms with Gasteiger partial charge in [0.15, 0.2) is 11.4 Å². The summed E-state index contributed by atoms with van der Waals surface area (Å²) in [6.45, 7) is 2.10. The van der Waals surface area contributed by atoms with Crippen LogP contribution in [0.1, 0.15) is 51.4 Å². The molecule has 0 saturated carbocycles. The lowest BCUT2D eigenvalue weighted by molar-refractivity contribution is -0.240. The highest BCUT2D eigenvalue weighted by Gasteiger charge is 2.73. The van der Waals surface area contributed by atoms with Crippen molar-refractivity contribution >= 4 is 5.78 Å². The molecule has 1 N–H and O–H groups in total. The summed E-state index contributed by atoms with van der Waals surface area (Å²) in [5.41, 5.74) is -1.08. The maximum atomic E-state index is 13.1. The molecule has 0 unspecified atom stereocenters. The minimum absolute atomic E-state index is 0.0472. The van der Waals surface area contributed by atoms with E-state index >= 15 is 0 Å². The van der Waals surface area contributed by atoms with Gasteiger partial charge in [0.25, 0.3) is 0 Å². The SMILES string of the molecule is O=C1C=C(CCCO)[C@]2(CCCO2)[C@]2(CCCO2)[C@]12CCCO2. The number of ketones is 1. The zero-order valence-electron chi connectivity index (χ0n) is 13.6. The van der Waals surface area contributed by atoms with E-state index in [2.05, 4.69) is 0 Å². The summed E-state index contributed by atoms with van der Waals surface area (Å²) >= 11 is 0. The first-order valence-corrected chi connectivity index (χ1v) is 8.99. The molecular weight excluding hydrogens is 296 g/mol. The number of hydrogen-bond donors (Lipinski definition) is 1. The average molecular weight is 322 g/mol. The number of hydrogen-bond acceptors (Lipinski definition) is 5. The van der Waals surface area contributed by atoms with Gasteiger partial charge in [0.05, 0.1) is 0 Å². The van der Waals surface area contributed by atoms with Crippen LogP contribution in [0.4, 0.5) is 0 Å². The summed E-state index contributed by atoms with van der Waals surface area (Å²) in [6, 6.07) is 0. The van der Waals surface area contributed by atoms with E-state index in [0.717, 1.165) is 44.1 Å². The second-order valence-corrected chi connectivity index (χ2v) is 7.20. The van der Waals surface area contributed by atoms with Crippen molar-refractivity contribution in [3.63, 3.8) is 0 Å². The van der Waals surface area contributed by atoms with Crippen LogP contribution in [0.15, 0.2) is 11.6 Å². The standard InChI is InChI=1S/C18H26O5/c19-9-1-5-14-13-15(20)17(7-3-11-22-17)18(8-4-12-23-18)16(14)6-2-10-21-16/h13,19H,1-12H2/t16-,17+,18-/m1/s1. The van der Waals surface area contributed by atoms with Crippen LogP contribution >= 0.6 is 0 Å². The molecule has 0 bridgehead atoms. The lowest BCUT2D eigenvalue weighted by atomic mass is 9.58. The van der Waals surface area contributed by atoms with E-state index in [1.165, 1.54) is 0 Å². The molecule has 0 radical (unpaired) electrons. The molecular formula is C18H26O5. The molecule has 5 heteroatoms. The van der Waals surface area contributed by atoms with E-state index in [1.807, 2.05) is 0 Å². The Bertz CT molecular complexity index is 506. The van der Waals surface area contributed by atoms with E-state index in [1.54, 1.807) is 6.08 Å². The van der Waals surface area contributed by atoms with Crippen LogP contribution in [0.3, 0.4) is 0 Å². The Labute approximate surface area is 137 Å². The predicted molar refractivity (Wildman–Crippen MR) is 83.2 cm³/mol. The van der Waals surface area contributed by atoms with E-state index < -0.39 is 16.8 Å². The van der Waals surface area contributed by atoms with Crippen LogP contribution in [0.5, 0.6) is 0 Å². The van der Waals surface area contributed by atoms with Gasteiger partial charge in [-0.3, -0.25) is 4.79 Å². The molecule has 3 fully saturated rings. The first kappa shape index (κ1) is 15.8. The summed E-state index contributed by atoms with van der Waals surface area (Å²) in [5.74, 6) is 0.0472. The molecule has 3 saturated heterocycles. The van der Waals surface area contributed by atoms with Gasteiger partial charge in [-0.2, -0.15) is 0 Å². The van der Waals surface area contributed by atoms with Gasteiger partial charge >= 0.3 is 0 Å². The Hall–Kier alpha value is -0.750. The van der Waals surface area contributed by atoms with Crippen LogP contribution < -0.4 is 0 Å². The van der Waals surface area contributed by atoms with Crippen molar-refractivity contribution in [1.29, 1.82) is 0 Å². The fourth-order valence-corrected chi connectivity index (χ4v) is 5.36. The Balaban J connectivity index is 1.86. The molecule has 3 atom stereocenters. The maximum absolute atomic E-state index is 13.1. The molecule has 1 aliphatic carbocycles. The first-order valence-electron chi connectivity index (χ1n) is 8.99. The van der Waals surface area contributed by atoms with Crippen LogP contribution in [-0.4, -0.2) is 54.1 Å². The number of carbonyl (C=O) groups excluding carboxylic acids is 1. The minimum Gasteiger partial charge on any atom is -0.396 e. The third kappa shape index (κ3) is 1.91. The number of aliphatic hydroxyl groups is 1. The van der Waals surface area contributed by atoms with Gasteiger partial charge in [-0.1, -0.05) is 0 Å². The van der Waals surface area contributed by atoms with Crippen molar-refractivity contribution in [2.24, 2.45) is 0 Å². The molecule has 4 aliphatic rings. The monoisotopic (exact) mass is 322 g/mol. The van der Waals surface area contributed by atoms with Crippen molar-refractivity contribution in [3.05, 3.63) is 11.6 Å². The Morgan fingerprint density at radius 1 is 0.957 bits per heavy atom. The van der Waals surface area contributed by atoms with E-state index in [-0.39, 0.29) is 12.4 Å². The molecule has 4 rings (SSSR count). The number of fused-ring (bicyclic) bond motifs is 2. The van der Waals surface area contributed by atoms with Crippen molar-refractivity contribution in [2.45, 2.75) is 68.2 Å². The van der Waals surface area contributed by atoms with E-state index in [9.17, 15) is 9.90 Å². The second-order valence-electron chi connectivity index (χ2n) is 7.20. The molecule has 0 amide bonds. The van der Waals surface area contributed by atoms with Gasteiger partial charge in [-0.15, -0.1) is 0 Å². The molecule has 23 heavy (non-hydrogen) atoms. The number of aliphatic hydroxyl groups excluding tert-OH is 1. The average Bonchev–Trinajstić information content (AvgIpc) is 3.30. The normalized spacial score (nSPS) is 43.2. The summed E-state index contributed by atoms with van der Waals surface area (Å²) in [7, 11) is 0. The fourth-order valence-electron chi connectivity index (χ4n) is 5.36. The quantitative estimate of drug-likeness (QED) is 0.860. The Morgan fingerprint density at radius 2 is 1.61 bits per heavy atom. The second kappa shape index (κ2) is 5.66. The van der Waals surface area contributed by atoms with Gasteiger partial charge < -0.3 is 19.3 Å². The largest absolute Gasteiger partial charge is 0.396 e. The Kier molecular flexibility index (Phi) is 3.88. The zero-order valence-corrected chi connectivity index (χ0v) is 13.6. The lowest BCUT2D eigenvalue weighted by Gasteiger charge is -2.56. The Morgan fingerprint density at radius 3 is 2.17 bits per heavy atom. The van der Waals surface area contributed by atoms with Gasteiger partial charge in [0.1, 0.15) is 11.2 Å². The summed E-state index contributed by atoms with van der Waals surface area (Å²) < 4.78 is 18.8. The third-order valence-electron chi connectivity index (χ3n) is 6.20. The number of rotatable bonds is 3. The first-order chi connectivity index (χ1) is 11.2. The van der Waals surface area contributed by atoms with Crippen molar-refractivity contribution in [3.8, 4) is 0 Å². The topological polar surface area (TPSA) is 65.0 Å². The zero-order chi connectivity index (χ0) is 16.0. The smallest absolute Gasteiger partial charge is 0.190 e. The van der Waals surface area contributed by atoms with Crippen molar-refractivity contribution < 1.29 is 24.1 Å². The number of carbonyl (C=O) groups is 1. The molecule has 0 aromatic carbocycles. The van der Waals surface area contributed by atoms with E-state index in [4.69, 9.17) is 14.2 Å². The molecule has 3 heterocycles. The molecule has 3 aliphatic heterocycles. The minimum atomic E-state index is -0.865. The van der Waals surface area contributed by atoms with Crippen LogP contribution in [0, 0.1) is 0 Å². The van der Waals surface area contributed by atoms with Crippen LogP contribution in [-0.2, 0) is 19.0 Å². The highest BCUT2D eigenvalue weighted by atomic mass is 16.6. The highest BCUT2D eigenvalue weighted by Crippen LogP contribution is 2.60. The van der Waals surface area contributed by atoms with Gasteiger partial charge in [-0.25, -0.2) is 0 Å². The highest BCUT2D eigenvalue weighted by molar-refractivity contribution is 6.01. The molecule has 0 aromatic rings. The fraction of sp³-hybridized carbons (Fsp3) is 0.833. The third-order valence-corrected chi connectivity index (χ3v) is 6.20. The molecule has 128 valence electrons. The maximum Gasteiger partial charge on any atom is 0.190 e. The molecule has 5 nitrogen and oxygen atoms in total.